The van der Waals surface area contributed by atoms with Gasteiger partial charge < -0.3 is 15.1 Å². The van der Waals surface area contributed by atoms with Crippen LogP contribution in [0.5, 0.6) is 0 Å². The van der Waals surface area contributed by atoms with Crippen LogP contribution in [0.25, 0.3) is 0 Å². The topological polar surface area (TPSA) is 86.6 Å². The Balaban J connectivity index is 4.90. The molecule has 0 bridgehead atoms. The van der Waals surface area contributed by atoms with Crippen molar-refractivity contribution >= 4 is 13.5 Å². The molecule has 0 heterocycles. The number of allylic oxidation sites excluding steroid dienone is 1. The molecule has 0 rings (SSSR count). The number of nitrogens with one attached hydrogen (secondary N) is 1. The van der Waals surface area contributed by atoms with Crippen LogP contribution in [0, 0.1) is 0 Å². The van der Waals surface area contributed by atoms with E-state index in [4.69, 9.17) is 9.79 Å². The zero-order valence-electron chi connectivity index (χ0n) is 7.44. The Morgan fingerprint density at radius 1 is 1.46 bits per heavy atom. The summed E-state index contributed by atoms with van der Waals surface area (Å²) in [5, 5.41) is 2.07. The molecule has 0 unspecified atom stereocenters. The van der Waals surface area contributed by atoms with Crippen LogP contribution >= 0.6 is 7.60 Å². The molecular weight excluding hydrogens is 193 g/mol. The molecule has 0 aliphatic carbocycles. The Morgan fingerprint density at radius 3 is 2.15 bits per heavy atom. The Bertz CT molecular complexity index is 298. The number of hydrogen-bond donors (Lipinski definition) is 3. The van der Waals surface area contributed by atoms with Gasteiger partial charge in [0.2, 0.25) is 5.91 Å². The molecule has 0 fully saturated rings. The molecule has 1 amide bonds. The minimum Gasteiger partial charge on any atom is -0.320 e. The predicted octanol–water partition coefficient (Wildman–Crippen LogP) is 0.718. The van der Waals surface area contributed by atoms with E-state index in [-0.39, 0.29) is 5.44 Å². The summed E-state index contributed by atoms with van der Waals surface area (Å²) in [7, 11) is -4.40. The van der Waals surface area contributed by atoms with Crippen LogP contribution in [0.1, 0.15) is 13.8 Å². The molecular formula is C7H12NO4P. The van der Waals surface area contributed by atoms with Crippen molar-refractivity contribution in [3.05, 3.63) is 23.7 Å². The third-order valence-electron chi connectivity index (χ3n) is 1.19. The number of hydrogen-bond acceptors (Lipinski definition) is 2. The van der Waals surface area contributed by atoms with Gasteiger partial charge in [-0.3, -0.25) is 9.36 Å². The van der Waals surface area contributed by atoms with Crippen molar-refractivity contribution in [1.29, 1.82) is 0 Å². The van der Waals surface area contributed by atoms with Crippen LogP contribution in [0.15, 0.2) is 23.7 Å². The van der Waals surface area contributed by atoms with Gasteiger partial charge in [0.15, 0.2) is 0 Å². The summed E-state index contributed by atoms with van der Waals surface area (Å²) in [6.07, 6.45) is 0.943. The lowest BCUT2D eigenvalue weighted by Crippen LogP contribution is -2.21. The summed E-state index contributed by atoms with van der Waals surface area (Å²) >= 11 is 0. The fourth-order valence-electron chi connectivity index (χ4n) is 0.657. The minimum atomic E-state index is -4.40. The smallest absolute Gasteiger partial charge is 0.320 e. The van der Waals surface area contributed by atoms with E-state index >= 15 is 0 Å². The standard InChI is InChI=1S/C7H12NO4P/c1-4-6(9)8-7(5(2)3)13(10,11)12/h4H,1H2,2-3H3,(H,8,9)(H2,10,11,12). The SMILES string of the molecule is C=CC(=O)NC(=C(C)C)P(=O)(O)O. The lowest BCUT2D eigenvalue weighted by Gasteiger charge is -2.11. The molecule has 13 heavy (non-hydrogen) atoms. The van der Waals surface area contributed by atoms with Gasteiger partial charge in [-0.15, -0.1) is 0 Å². The molecule has 0 aliphatic rings. The largest absolute Gasteiger partial charge is 0.372 e. The number of amides is 1. The highest BCUT2D eigenvalue weighted by Gasteiger charge is 2.23. The Morgan fingerprint density at radius 2 is 1.92 bits per heavy atom. The van der Waals surface area contributed by atoms with E-state index in [9.17, 15) is 9.36 Å². The van der Waals surface area contributed by atoms with Gasteiger partial charge in [-0.05, 0) is 25.5 Å². The summed E-state index contributed by atoms with van der Waals surface area (Å²) < 4.78 is 10.8. The maximum Gasteiger partial charge on any atom is 0.372 e. The van der Waals surface area contributed by atoms with Crippen LogP contribution in [-0.2, 0) is 9.36 Å². The van der Waals surface area contributed by atoms with Gasteiger partial charge in [-0.25, -0.2) is 0 Å². The van der Waals surface area contributed by atoms with E-state index in [1.165, 1.54) is 13.8 Å². The van der Waals surface area contributed by atoms with Gasteiger partial charge in [-0.2, -0.15) is 0 Å². The van der Waals surface area contributed by atoms with Crippen molar-refractivity contribution in [1.82, 2.24) is 5.32 Å². The van der Waals surface area contributed by atoms with Crippen LogP contribution in [0.2, 0.25) is 0 Å². The maximum absolute atomic E-state index is 10.8. The summed E-state index contributed by atoms with van der Waals surface area (Å²) in [5.74, 6) is -0.639. The predicted molar refractivity (Wildman–Crippen MR) is 48.8 cm³/mol. The number of rotatable bonds is 3. The average Bonchev–Trinajstić information content (AvgIpc) is 1.96. The van der Waals surface area contributed by atoms with Crippen LogP contribution in [0.4, 0.5) is 0 Å². The monoisotopic (exact) mass is 205 g/mol. The fourth-order valence-corrected chi connectivity index (χ4v) is 1.50. The third-order valence-corrected chi connectivity index (χ3v) is 2.33. The van der Waals surface area contributed by atoms with Crippen molar-refractivity contribution in [3.63, 3.8) is 0 Å². The van der Waals surface area contributed by atoms with E-state index < -0.39 is 13.5 Å². The van der Waals surface area contributed by atoms with E-state index in [0.29, 0.717) is 5.57 Å². The van der Waals surface area contributed by atoms with Crippen molar-refractivity contribution in [2.24, 2.45) is 0 Å². The fraction of sp³-hybridized carbons (Fsp3) is 0.286. The lowest BCUT2D eigenvalue weighted by atomic mass is 10.4. The summed E-state index contributed by atoms with van der Waals surface area (Å²) in [4.78, 5) is 28.4. The van der Waals surface area contributed by atoms with Gasteiger partial charge in [0.05, 0.1) is 0 Å². The molecule has 5 nitrogen and oxygen atoms in total. The molecule has 0 aromatic rings. The normalized spacial score (nSPS) is 10.5. The van der Waals surface area contributed by atoms with E-state index in [0.717, 1.165) is 6.08 Å². The maximum atomic E-state index is 10.8. The third kappa shape index (κ3) is 4.03. The summed E-state index contributed by atoms with van der Waals surface area (Å²) in [6, 6.07) is 0. The Kier molecular flexibility index (Phi) is 4.07. The molecule has 0 spiro atoms. The van der Waals surface area contributed by atoms with Crippen LogP contribution in [-0.4, -0.2) is 15.7 Å². The van der Waals surface area contributed by atoms with E-state index in [1.54, 1.807) is 0 Å². The molecule has 0 aliphatic heterocycles. The van der Waals surface area contributed by atoms with Gasteiger partial charge in [0, 0.05) is 0 Å². The summed E-state index contributed by atoms with van der Waals surface area (Å²) in [6.45, 7) is 6.16. The van der Waals surface area contributed by atoms with Crippen LogP contribution in [0.3, 0.4) is 0 Å². The zero-order chi connectivity index (χ0) is 10.6. The molecule has 0 saturated carbocycles. The molecule has 0 saturated heterocycles. The number of carbonyl (C=O) groups is 1. The second-order valence-corrected chi connectivity index (χ2v) is 4.12. The second kappa shape index (κ2) is 4.37. The highest BCUT2D eigenvalue weighted by molar-refractivity contribution is 7.56. The lowest BCUT2D eigenvalue weighted by molar-refractivity contribution is -0.115. The van der Waals surface area contributed by atoms with Gasteiger partial charge in [0.1, 0.15) is 5.44 Å². The first-order chi connectivity index (χ1) is 5.79. The van der Waals surface area contributed by atoms with Crippen molar-refractivity contribution in [2.45, 2.75) is 13.8 Å². The first kappa shape index (κ1) is 12.1. The Hall–Kier alpha value is -0.900. The van der Waals surface area contributed by atoms with E-state index in [1.807, 2.05) is 0 Å². The highest BCUT2D eigenvalue weighted by Crippen LogP contribution is 2.44. The molecule has 0 atom stereocenters. The molecule has 6 heteroatoms. The molecule has 0 radical (unpaired) electrons. The molecule has 0 aromatic carbocycles. The van der Waals surface area contributed by atoms with Crippen molar-refractivity contribution < 1.29 is 19.1 Å². The first-order valence-corrected chi connectivity index (χ1v) is 5.07. The first-order valence-electron chi connectivity index (χ1n) is 3.46. The van der Waals surface area contributed by atoms with Gasteiger partial charge in [0.25, 0.3) is 0 Å². The molecule has 0 aromatic heterocycles. The average molecular weight is 205 g/mol. The van der Waals surface area contributed by atoms with Gasteiger partial charge >= 0.3 is 7.60 Å². The number of carbonyl (C=O) groups excluding carboxylic acids is 1. The van der Waals surface area contributed by atoms with E-state index in [2.05, 4.69) is 11.9 Å². The Labute approximate surface area is 76.3 Å². The summed E-state index contributed by atoms with van der Waals surface area (Å²) in [5.41, 5.74) is 0.000864. The van der Waals surface area contributed by atoms with Crippen LogP contribution < -0.4 is 5.32 Å². The zero-order valence-corrected chi connectivity index (χ0v) is 8.34. The van der Waals surface area contributed by atoms with Crippen molar-refractivity contribution in [3.8, 4) is 0 Å². The second-order valence-electron chi connectivity index (χ2n) is 2.59. The molecule has 3 N–H and O–H groups in total. The van der Waals surface area contributed by atoms with Gasteiger partial charge in [-0.1, -0.05) is 6.58 Å². The minimum absolute atomic E-state index is 0.364. The quantitative estimate of drug-likeness (QED) is 0.468. The highest BCUT2D eigenvalue weighted by atomic mass is 31.2. The van der Waals surface area contributed by atoms with Crippen molar-refractivity contribution in [2.75, 3.05) is 0 Å². The molecule has 74 valence electrons.